The molecule has 11 aromatic carbocycles. The molecule has 0 spiro atoms. The monoisotopic (exact) mass is 942 g/mol. The van der Waals surface area contributed by atoms with Crippen molar-refractivity contribution in [3.05, 3.63) is 226 Å². The van der Waals surface area contributed by atoms with Crippen molar-refractivity contribution in [2.75, 3.05) is 9.80 Å². The molecule has 4 nitrogen and oxygen atoms in total. The fraction of sp³-hybridized carbons (Fsp3) is 0.159. The van der Waals surface area contributed by atoms with Crippen molar-refractivity contribution in [2.45, 2.75) is 71.6 Å². The number of hydrogen-bond acceptors (Lipinski definition) is 3. The zero-order valence-electron chi connectivity index (χ0n) is 42.3. The SMILES string of the molecule is CC(C)c1cccc(C(C)C)c1N1C(=O)c2ccc3c4cccc5c(-c6ccc(N(c7ccc8c(c7)C(C)c7ccccc7-8)c7ccc8c(c7)C(C)(C)c7ccccc7-8)cc6)ccc(c6ccc(c2c36)C1=O)c54. The third-order valence-electron chi connectivity index (χ3n) is 17.0. The van der Waals surface area contributed by atoms with Crippen LogP contribution in [0.3, 0.4) is 0 Å². The summed E-state index contributed by atoms with van der Waals surface area (Å²) in [5.74, 6) is 0.0174. The zero-order chi connectivity index (χ0) is 49.8. The lowest BCUT2D eigenvalue weighted by Crippen LogP contribution is -2.41. The molecule has 2 amide bonds. The van der Waals surface area contributed by atoms with E-state index in [1.807, 2.05) is 18.2 Å². The number of imide groups is 1. The summed E-state index contributed by atoms with van der Waals surface area (Å²) in [5, 5.41) is 8.37. The minimum atomic E-state index is -0.264. The fourth-order valence-corrected chi connectivity index (χ4v) is 13.4. The van der Waals surface area contributed by atoms with E-state index in [1.165, 1.54) is 54.8 Å². The lowest BCUT2D eigenvalue weighted by molar-refractivity contribution is 0.0893. The van der Waals surface area contributed by atoms with E-state index in [1.54, 1.807) is 0 Å². The van der Waals surface area contributed by atoms with Gasteiger partial charge in [0.1, 0.15) is 0 Å². The van der Waals surface area contributed by atoms with Crippen LogP contribution in [0.4, 0.5) is 22.7 Å². The summed E-state index contributed by atoms with van der Waals surface area (Å²) in [6, 6.07) is 66.3. The van der Waals surface area contributed by atoms with Crippen LogP contribution in [0, 0.1) is 0 Å². The maximum atomic E-state index is 14.9. The molecular weight excluding hydrogens is 889 g/mol. The maximum absolute atomic E-state index is 14.9. The molecule has 3 aliphatic rings. The topological polar surface area (TPSA) is 40.6 Å². The van der Waals surface area contributed by atoms with E-state index < -0.39 is 0 Å². The van der Waals surface area contributed by atoms with E-state index in [4.69, 9.17) is 0 Å². The number of rotatable bonds is 7. The summed E-state index contributed by atoms with van der Waals surface area (Å²) in [6.07, 6.45) is 0. The Hall–Kier alpha value is -8.34. The highest BCUT2D eigenvalue weighted by Crippen LogP contribution is 2.53. The van der Waals surface area contributed by atoms with Crippen molar-refractivity contribution in [3.8, 4) is 33.4 Å². The molecule has 0 radical (unpaired) electrons. The molecule has 4 heteroatoms. The molecule has 2 aliphatic carbocycles. The highest BCUT2D eigenvalue weighted by molar-refractivity contribution is 6.42. The predicted molar refractivity (Wildman–Crippen MR) is 304 cm³/mol. The van der Waals surface area contributed by atoms with Gasteiger partial charge in [0.15, 0.2) is 0 Å². The van der Waals surface area contributed by atoms with Gasteiger partial charge in [-0.05, 0) is 165 Å². The highest BCUT2D eigenvalue weighted by atomic mass is 16.2. The summed E-state index contributed by atoms with van der Waals surface area (Å²) in [7, 11) is 0. The number of benzene rings is 11. The summed E-state index contributed by atoms with van der Waals surface area (Å²) in [5.41, 5.74) is 20.1. The summed E-state index contributed by atoms with van der Waals surface area (Å²) >= 11 is 0. The Bertz CT molecular complexity index is 4100. The smallest absolute Gasteiger partial charge is 0.266 e. The molecule has 11 aromatic rings. The van der Waals surface area contributed by atoms with Crippen LogP contribution < -0.4 is 9.80 Å². The first-order valence-corrected chi connectivity index (χ1v) is 26.0. The van der Waals surface area contributed by atoms with Crippen LogP contribution in [-0.4, -0.2) is 11.8 Å². The van der Waals surface area contributed by atoms with E-state index >= 15 is 0 Å². The molecule has 0 fully saturated rings. The van der Waals surface area contributed by atoms with Crippen LogP contribution in [0.5, 0.6) is 0 Å². The average molecular weight is 943 g/mol. The second-order valence-electron chi connectivity index (χ2n) is 21.9. The van der Waals surface area contributed by atoms with Crippen molar-refractivity contribution in [1.29, 1.82) is 0 Å². The molecule has 0 bridgehead atoms. The molecule has 352 valence electrons. The number of fused-ring (bicyclic) bond motifs is 8. The van der Waals surface area contributed by atoms with Gasteiger partial charge in [0.05, 0.1) is 5.69 Å². The Morgan fingerprint density at radius 3 is 1.62 bits per heavy atom. The molecule has 0 saturated heterocycles. The van der Waals surface area contributed by atoms with Gasteiger partial charge < -0.3 is 4.90 Å². The summed E-state index contributed by atoms with van der Waals surface area (Å²) < 4.78 is 0. The normalized spacial score (nSPS) is 15.3. The maximum Gasteiger partial charge on any atom is 0.266 e. The summed E-state index contributed by atoms with van der Waals surface area (Å²) in [4.78, 5) is 33.7. The first kappa shape index (κ1) is 43.4. The van der Waals surface area contributed by atoms with Crippen LogP contribution in [0.15, 0.2) is 182 Å². The van der Waals surface area contributed by atoms with Gasteiger partial charge in [0.25, 0.3) is 11.8 Å². The van der Waals surface area contributed by atoms with E-state index in [9.17, 15) is 9.59 Å². The molecule has 1 aliphatic heterocycles. The highest BCUT2D eigenvalue weighted by Gasteiger charge is 2.39. The van der Waals surface area contributed by atoms with Gasteiger partial charge in [-0.3, -0.25) is 9.59 Å². The lowest BCUT2D eigenvalue weighted by Gasteiger charge is -2.32. The minimum absolute atomic E-state index is 0.126. The predicted octanol–water partition coefficient (Wildman–Crippen LogP) is 18.4. The van der Waals surface area contributed by atoms with Crippen LogP contribution in [0.2, 0.25) is 0 Å². The molecule has 73 heavy (non-hydrogen) atoms. The van der Waals surface area contributed by atoms with E-state index in [-0.39, 0.29) is 29.1 Å². The van der Waals surface area contributed by atoms with Crippen molar-refractivity contribution in [2.24, 2.45) is 0 Å². The molecule has 0 saturated carbocycles. The van der Waals surface area contributed by atoms with Gasteiger partial charge in [0.2, 0.25) is 0 Å². The van der Waals surface area contributed by atoms with Crippen molar-refractivity contribution < 1.29 is 9.59 Å². The second-order valence-corrected chi connectivity index (χ2v) is 21.9. The van der Waals surface area contributed by atoms with Crippen LogP contribution in [-0.2, 0) is 5.41 Å². The van der Waals surface area contributed by atoms with Crippen LogP contribution in [0.1, 0.15) is 120 Å². The first-order valence-electron chi connectivity index (χ1n) is 26.0. The number of nitrogens with zero attached hydrogens (tertiary/aromatic N) is 2. The van der Waals surface area contributed by atoms with E-state index in [0.717, 1.165) is 82.7 Å². The number of carbonyl (C=O) groups is 2. The van der Waals surface area contributed by atoms with Crippen LogP contribution in [0.25, 0.3) is 76.5 Å². The quantitative estimate of drug-likeness (QED) is 0.0908. The lowest BCUT2D eigenvalue weighted by atomic mass is 9.82. The number of amides is 2. The minimum Gasteiger partial charge on any atom is -0.310 e. The van der Waals surface area contributed by atoms with Gasteiger partial charge in [-0.15, -0.1) is 0 Å². The fourth-order valence-electron chi connectivity index (χ4n) is 13.4. The Morgan fingerprint density at radius 1 is 0.425 bits per heavy atom. The van der Waals surface area contributed by atoms with Crippen LogP contribution >= 0.6 is 0 Å². The van der Waals surface area contributed by atoms with Crippen molar-refractivity contribution >= 4 is 77.7 Å². The Balaban J connectivity index is 0.890. The number of anilines is 4. The standard InChI is InChI=1S/C69H54N2O2/c1-38(2)45-17-12-18-46(39(3)4)66(45)71-67(72)58-34-32-56-54-20-13-19-53-48(30-31-55(63(53)54)57-33-35-59(68(71)73)65(58)64(56)57)41-22-24-42(25-23-41)70(43-26-28-50-49-15-9-8-14-47(49)40(5)60(50)36-43)44-27-29-52-51-16-10-11-21-61(51)69(6,7)62(52)37-44/h8-40H,1-7H3. The second kappa shape index (κ2) is 15.6. The third kappa shape index (κ3) is 6.01. The third-order valence-corrected chi connectivity index (χ3v) is 17.0. The van der Waals surface area contributed by atoms with Gasteiger partial charge in [-0.1, -0.05) is 182 Å². The molecule has 1 unspecified atom stereocenters. The molecule has 0 aromatic heterocycles. The van der Waals surface area contributed by atoms with Gasteiger partial charge in [-0.25, -0.2) is 4.90 Å². The van der Waals surface area contributed by atoms with Crippen molar-refractivity contribution in [1.82, 2.24) is 0 Å². The van der Waals surface area contributed by atoms with E-state index in [0.29, 0.717) is 17.0 Å². The molecule has 1 atom stereocenters. The van der Waals surface area contributed by atoms with E-state index in [2.05, 4.69) is 217 Å². The number of para-hydroxylation sites is 1. The number of hydrogen-bond donors (Lipinski definition) is 0. The molecule has 14 rings (SSSR count). The Labute approximate surface area is 426 Å². The largest absolute Gasteiger partial charge is 0.310 e. The molecule has 0 N–H and O–H groups in total. The Morgan fingerprint density at radius 2 is 0.932 bits per heavy atom. The van der Waals surface area contributed by atoms with Gasteiger partial charge in [-0.2, -0.15) is 0 Å². The Kier molecular flexibility index (Phi) is 9.27. The average Bonchev–Trinajstić information content (AvgIpc) is 3.82. The number of carbonyl (C=O) groups excluding carboxylic acids is 2. The molecular formula is C69H54N2O2. The van der Waals surface area contributed by atoms with Gasteiger partial charge in [0, 0.05) is 44.9 Å². The zero-order valence-corrected chi connectivity index (χ0v) is 42.3. The molecule has 1 heterocycles. The summed E-state index contributed by atoms with van der Waals surface area (Å²) in [6.45, 7) is 15.5. The van der Waals surface area contributed by atoms with Gasteiger partial charge >= 0.3 is 0 Å². The first-order chi connectivity index (χ1) is 35.4. The van der Waals surface area contributed by atoms with Crippen molar-refractivity contribution in [3.63, 3.8) is 0 Å².